The van der Waals surface area contributed by atoms with Crippen LogP contribution >= 0.6 is 11.3 Å². The molecule has 0 unspecified atom stereocenters. The Labute approximate surface area is 148 Å². The highest BCUT2D eigenvalue weighted by atomic mass is 32.1. The third-order valence-electron chi connectivity index (χ3n) is 3.93. The summed E-state index contributed by atoms with van der Waals surface area (Å²) < 4.78 is 0. The molecular formula is C19H16N4OS. The van der Waals surface area contributed by atoms with Crippen molar-refractivity contribution in [2.24, 2.45) is 0 Å². The quantitative estimate of drug-likeness (QED) is 0.570. The molecule has 4 rings (SSSR count). The van der Waals surface area contributed by atoms with Gasteiger partial charge in [-0.25, -0.2) is 9.97 Å². The Kier molecular flexibility index (Phi) is 3.82. The summed E-state index contributed by atoms with van der Waals surface area (Å²) in [6.45, 7) is 3.75. The Morgan fingerprint density at radius 3 is 2.56 bits per heavy atom. The number of carbonyl (C=O) groups is 1. The molecule has 2 N–H and O–H groups in total. The lowest BCUT2D eigenvalue weighted by Gasteiger charge is -2.08. The predicted octanol–water partition coefficient (Wildman–Crippen LogP) is 4.56. The van der Waals surface area contributed by atoms with Crippen LogP contribution in [-0.2, 0) is 0 Å². The number of aromatic amines is 1. The Morgan fingerprint density at radius 2 is 1.80 bits per heavy atom. The summed E-state index contributed by atoms with van der Waals surface area (Å²) in [5.41, 5.74) is 4.18. The fourth-order valence-electron chi connectivity index (χ4n) is 2.80. The van der Waals surface area contributed by atoms with Crippen LogP contribution in [0.2, 0.25) is 0 Å². The topological polar surface area (TPSA) is 70.7 Å². The number of rotatable bonds is 3. The third kappa shape index (κ3) is 2.92. The summed E-state index contributed by atoms with van der Waals surface area (Å²) >= 11 is 1.40. The van der Waals surface area contributed by atoms with Gasteiger partial charge in [-0.15, -0.1) is 11.3 Å². The minimum atomic E-state index is -0.147. The first kappa shape index (κ1) is 15.5. The monoisotopic (exact) mass is 348 g/mol. The summed E-state index contributed by atoms with van der Waals surface area (Å²) in [6.07, 6.45) is 0. The summed E-state index contributed by atoms with van der Waals surface area (Å²) in [6, 6.07) is 15.5. The molecule has 6 heteroatoms. The van der Waals surface area contributed by atoms with Crippen molar-refractivity contribution in [3.8, 4) is 11.4 Å². The molecule has 5 nitrogen and oxygen atoms in total. The molecule has 2 heterocycles. The number of thiazole rings is 1. The molecule has 0 spiro atoms. The molecule has 0 fully saturated rings. The molecule has 0 aliphatic carbocycles. The number of nitrogens with zero attached hydrogens (tertiary/aromatic N) is 2. The molecule has 0 radical (unpaired) electrons. The van der Waals surface area contributed by atoms with Gasteiger partial charge in [0.05, 0.1) is 27.4 Å². The van der Waals surface area contributed by atoms with Gasteiger partial charge in [0.25, 0.3) is 5.91 Å². The minimum absolute atomic E-state index is 0.147. The molecule has 0 aliphatic heterocycles. The number of imidazole rings is 1. The summed E-state index contributed by atoms with van der Waals surface area (Å²) in [5, 5.41) is 3.88. The zero-order chi connectivity index (χ0) is 17.4. The Balaban J connectivity index is 1.71. The number of hydrogen-bond donors (Lipinski definition) is 2. The zero-order valence-electron chi connectivity index (χ0n) is 13.8. The van der Waals surface area contributed by atoms with Crippen LogP contribution in [-0.4, -0.2) is 20.9 Å². The van der Waals surface area contributed by atoms with E-state index in [-0.39, 0.29) is 5.91 Å². The number of carbonyl (C=O) groups excluding carboxylic acids is 1. The van der Waals surface area contributed by atoms with E-state index in [1.807, 2.05) is 62.4 Å². The van der Waals surface area contributed by atoms with E-state index in [1.54, 1.807) is 0 Å². The van der Waals surface area contributed by atoms with Crippen molar-refractivity contribution in [3.63, 3.8) is 0 Å². The van der Waals surface area contributed by atoms with E-state index in [9.17, 15) is 4.79 Å². The summed E-state index contributed by atoms with van der Waals surface area (Å²) in [4.78, 5) is 25.5. The average Bonchev–Trinajstić information content (AvgIpc) is 3.18. The van der Waals surface area contributed by atoms with Gasteiger partial charge in [0.2, 0.25) is 0 Å². The second-order valence-corrected chi connectivity index (χ2v) is 6.95. The third-order valence-corrected chi connectivity index (χ3v) is 5.00. The molecule has 1 amide bonds. The molecule has 25 heavy (non-hydrogen) atoms. The van der Waals surface area contributed by atoms with Crippen molar-refractivity contribution in [2.45, 2.75) is 13.8 Å². The highest BCUT2D eigenvalue weighted by molar-refractivity contribution is 7.13. The van der Waals surface area contributed by atoms with Gasteiger partial charge in [0, 0.05) is 5.56 Å². The van der Waals surface area contributed by atoms with Gasteiger partial charge in [-0.3, -0.25) is 4.79 Å². The normalized spacial score (nSPS) is 11.0. The van der Waals surface area contributed by atoms with Gasteiger partial charge >= 0.3 is 0 Å². The van der Waals surface area contributed by atoms with Crippen molar-refractivity contribution < 1.29 is 4.79 Å². The van der Waals surface area contributed by atoms with Gasteiger partial charge in [-0.05, 0) is 38.1 Å². The molecule has 0 bridgehead atoms. The molecule has 2 aromatic carbocycles. The van der Waals surface area contributed by atoms with Gasteiger partial charge in [-0.1, -0.05) is 24.3 Å². The van der Waals surface area contributed by atoms with E-state index in [2.05, 4.69) is 20.3 Å². The summed E-state index contributed by atoms with van der Waals surface area (Å²) in [7, 11) is 0. The van der Waals surface area contributed by atoms with E-state index in [0.717, 1.165) is 38.8 Å². The average molecular weight is 348 g/mol. The number of H-pyrrole nitrogens is 1. The van der Waals surface area contributed by atoms with Crippen molar-refractivity contribution in [1.29, 1.82) is 0 Å². The Hall–Kier alpha value is -2.99. The van der Waals surface area contributed by atoms with Crippen LogP contribution in [0.5, 0.6) is 0 Å². The van der Waals surface area contributed by atoms with Crippen molar-refractivity contribution in [2.75, 3.05) is 5.32 Å². The fraction of sp³-hybridized carbons (Fsp3) is 0.105. The number of benzene rings is 2. The van der Waals surface area contributed by atoms with Crippen molar-refractivity contribution in [3.05, 3.63) is 64.1 Å². The van der Waals surface area contributed by atoms with Crippen LogP contribution in [0.1, 0.15) is 20.4 Å². The van der Waals surface area contributed by atoms with E-state index in [0.29, 0.717) is 4.88 Å². The van der Waals surface area contributed by atoms with Crippen LogP contribution in [0.15, 0.2) is 48.5 Å². The lowest BCUT2D eigenvalue weighted by atomic mass is 10.1. The van der Waals surface area contributed by atoms with Crippen LogP contribution in [0, 0.1) is 13.8 Å². The molecule has 0 saturated carbocycles. The maximum Gasteiger partial charge on any atom is 0.267 e. The second kappa shape index (κ2) is 6.14. The first-order chi connectivity index (χ1) is 12.1. The lowest BCUT2D eigenvalue weighted by molar-refractivity contribution is 0.103. The number of hydrogen-bond acceptors (Lipinski definition) is 4. The van der Waals surface area contributed by atoms with Crippen molar-refractivity contribution in [1.82, 2.24) is 15.0 Å². The number of nitrogens with one attached hydrogen (secondary N) is 2. The fourth-order valence-corrected chi connectivity index (χ4v) is 3.62. The molecule has 2 aromatic heterocycles. The molecular weight excluding hydrogens is 332 g/mol. The SMILES string of the molecule is Cc1nc(C)c(C(=O)Nc2ccccc2-c2nc3ccccc3[nH]2)s1. The number of amides is 1. The lowest BCUT2D eigenvalue weighted by Crippen LogP contribution is -2.12. The number of anilines is 1. The van der Waals surface area contributed by atoms with Gasteiger partial charge in [-0.2, -0.15) is 0 Å². The Bertz CT molecular complexity index is 1050. The molecule has 0 atom stereocenters. The van der Waals surface area contributed by atoms with Gasteiger partial charge in [0.1, 0.15) is 10.7 Å². The van der Waals surface area contributed by atoms with Gasteiger partial charge < -0.3 is 10.3 Å². The largest absolute Gasteiger partial charge is 0.338 e. The highest BCUT2D eigenvalue weighted by Crippen LogP contribution is 2.28. The first-order valence-corrected chi connectivity index (χ1v) is 8.73. The van der Waals surface area contributed by atoms with Gasteiger partial charge in [0.15, 0.2) is 0 Å². The standard InChI is InChI=1S/C19H16N4OS/c1-11-17(25-12(2)20-11)19(24)23-14-8-4-3-7-13(14)18-21-15-9-5-6-10-16(15)22-18/h3-10H,1-2H3,(H,21,22)(H,23,24). The number of fused-ring (bicyclic) bond motifs is 1. The maximum atomic E-state index is 12.6. The number of aryl methyl sites for hydroxylation is 2. The van der Waals surface area contributed by atoms with Crippen molar-refractivity contribution >= 4 is 34.0 Å². The molecule has 0 aliphatic rings. The van der Waals surface area contributed by atoms with Crippen LogP contribution in [0.4, 0.5) is 5.69 Å². The first-order valence-electron chi connectivity index (χ1n) is 7.91. The van der Waals surface area contributed by atoms with E-state index >= 15 is 0 Å². The maximum absolute atomic E-state index is 12.6. The Morgan fingerprint density at radius 1 is 1.04 bits per heavy atom. The van der Waals surface area contributed by atoms with E-state index in [4.69, 9.17) is 0 Å². The summed E-state index contributed by atoms with van der Waals surface area (Å²) in [5.74, 6) is 0.584. The highest BCUT2D eigenvalue weighted by Gasteiger charge is 2.16. The van der Waals surface area contributed by atoms with Crippen LogP contribution < -0.4 is 5.32 Å². The zero-order valence-corrected chi connectivity index (χ0v) is 14.6. The molecule has 0 saturated heterocycles. The molecule has 4 aromatic rings. The van der Waals surface area contributed by atoms with Crippen LogP contribution in [0.3, 0.4) is 0 Å². The van der Waals surface area contributed by atoms with Crippen LogP contribution in [0.25, 0.3) is 22.4 Å². The van der Waals surface area contributed by atoms with E-state index < -0.39 is 0 Å². The smallest absolute Gasteiger partial charge is 0.267 e. The minimum Gasteiger partial charge on any atom is -0.338 e. The predicted molar refractivity (Wildman–Crippen MR) is 101 cm³/mol. The number of aromatic nitrogens is 3. The number of para-hydroxylation sites is 3. The molecule has 124 valence electrons. The van der Waals surface area contributed by atoms with E-state index in [1.165, 1.54) is 11.3 Å². The second-order valence-electron chi connectivity index (χ2n) is 5.75.